The highest BCUT2D eigenvalue weighted by Crippen LogP contribution is 2.24. The number of rotatable bonds is 7. The second kappa shape index (κ2) is 11.1. The Hall–Kier alpha value is -2.68. The van der Waals surface area contributed by atoms with Gasteiger partial charge in [0.15, 0.2) is 10.9 Å². The van der Waals surface area contributed by atoms with Crippen LogP contribution in [0.4, 0.5) is 17.1 Å². The van der Waals surface area contributed by atoms with Crippen LogP contribution in [0.3, 0.4) is 0 Å². The first-order valence-corrected chi connectivity index (χ1v) is 11.6. The summed E-state index contributed by atoms with van der Waals surface area (Å²) < 4.78 is 0.844. The molecule has 0 unspecified atom stereocenters. The smallest absolute Gasteiger partial charge is 0.234 e. The summed E-state index contributed by atoms with van der Waals surface area (Å²) in [5.74, 6) is 0.226. The van der Waals surface area contributed by atoms with Gasteiger partial charge in [0.05, 0.1) is 11.4 Å². The molecule has 0 saturated carbocycles. The molecule has 3 N–H and O–H groups in total. The van der Waals surface area contributed by atoms with Crippen molar-refractivity contribution in [1.29, 1.82) is 0 Å². The van der Waals surface area contributed by atoms with Crippen molar-refractivity contribution < 1.29 is 9.59 Å². The number of thiocarbonyl (C=S) groups is 1. The number of halogens is 1. The molecule has 0 aliphatic rings. The summed E-state index contributed by atoms with van der Waals surface area (Å²) in [6.07, 6.45) is 0. The van der Waals surface area contributed by atoms with Crippen molar-refractivity contribution in [2.75, 3.05) is 21.7 Å². The molecule has 3 rings (SSSR count). The van der Waals surface area contributed by atoms with Crippen LogP contribution in [0.1, 0.15) is 17.3 Å². The Morgan fingerprint density at radius 3 is 2.32 bits per heavy atom. The molecule has 0 atom stereocenters. The molecule has 31 heavy (non-hydrogen) atoms. The largest absolute Gasteiger partial charge is 0.332 e. The van der Waals surface area contributed by atoms with E-state index in [1.54, 1.807) is 24.3 Å². The number of hydrogen-bond donors (Lipinski definition) is 3. The highest BCUT2D eigenvalue weighted by atomic mass is 79.9. The second-order valence-corrected chi connectivity index (χ2v) is 8.87. The molecule has 0 aliphatic carbocycles. The molecule has 0 spiro atoms. The van der Waals surface area contributed by atoms with Crippen molar-refractivity contribution in [3.8, 4) is 0 Å². The van der Waals surface area contributed by atoms with Crippen molar-refractivity contribution in [3.05, 3.63) is 82.8 Å². The molecule has 158 valence electrons. The molecule has 0 radical (unpaired) electrons. The molecule has 0 bridgehead atoms. The molecular formula is C23H20BrN3O2S2. The van der Waals surface area contributed by atoms with Crippen LogP contribution in [-0.2, 0) is 4.79 Å². The zero-order chi connectivity index (χ0) is 22.2. The Balaban J connectivity index is 1.52. The predicted molar refractivity (Wildman–Crippen MR) is 136 cm³/mol. The van der Waals surface area contributed by atoms with Crippen LogP contribution in [0.15, 0.2) is 82.2 Å². The fourth-order valence-corrected chi connectivity index (χ4v) is 4.02. The highest BCUT2D eigenvalue weighted by molar-refractivity contribution is 9.10. The summed E-state index contributed by atoms with van der Waals surface area (Å²) in [7, 11) is 0. The maximum atomic E-state index is 12.2. The van der Waals surface area contributed by atoms with Gasteiger partial charge in [-0.1, -0.05) is 18.2 Å². The van der Waals surface area contributed by atoms with Crippen LogP contribution in [0.5, 0.6) is 0 Å². The molecule has 3 aromatic rings. The standard InChI is InChI=1S/C23H20BrN3O2S2/c1-15(28)16-9-11-17(12-10-16)25-23(30)26-18-5-4-6-19(13-18)31-14-22(29)27-21-8-3-2-7-20(21)24/h2-13H,14H2,1H3,(H,27,29)(H2,25,26,30). The van der Waals surface area contributed by atoms with Crippen molar-refractivity contribution in [3.63, 3.8) is 0 Å². The van der Waals surface area contributed by atoms with E-state index in [1.165, 1.54) is 18.7 Å². The maximum Gasteiger partial charge on any atom is 0.234 e. The summed E-state index contributed by atoms with van der Waals surface area (Å²) in [6, 6.07) is 22.3. The van der Waals surface area contributed by atoms with Gasteiger partial charge in [-0.3, -0.25) is 9.59 Å². The highest BCUT2D eigenvalue weighted by Gasteiger charge is 2.07. The topological polar surface area (TPSA) is 70.2 Å². The SMILES string of the molecule is CC(=O)c1ccc(NC(=S)Nc2cccc(SCC(=O)Nc3ccccc3Br)c2)cc1. The van der Waals surface area contributed by atoms with E-state index < -0.39 is 0 Å². The normalized spacial score (nSPS) is 10.3. The Morgan fingerprint density at radius 1 is 0.903 bits per heavy atom. The lowest BCUT2D eigenvalue weighted by molar-refractivity contribution is -0.113. The summed E-state index contributed by atoms with van der Waals surface area (Å²) in [5, 5.41) is 9.55. The number of hydrogen-bond acceptors (Lipinski definition) is 4. The molecule has 0 aliphatic heterocycles. The molecule has 0 fully saturated rings. The van der Waals surface area contributed by atoms with Crippen LogP contribution >= 0.6 is 39.9 Å². The summed E-state index contributed by atoms with van der Waals surface area (Å²) in [6.45, 7) is 1.53. The number of amides is 1. The van der Waals surface area contributed by atoms with E-state index in [1.807, 2.05) is 48.5 Å². The van der Waals surface area contributed by atoms with Gasteiger partial charge in [-0.25, -0.2) is 0 Å². The van der Waals surface area contributed by atoms with Crippen LogP contribution in [0.2, 0.25) is 0 Å². The average molecular weight is 514 g/mol. The number of nitrogens with one attached hydrogen (secondary N) is 3. The Kier molecular flexibility index (Phi) is 8.22. The van der Waals surface area contributed by atoms with Crippen molar-refractivity contribution in [2.45, 2.75) is 11.8 Å². The zero-order valence-corrected chi connectivity index (χ0v) is 19.9. The number of carbonyl (C=O) groups is 2. The fourth-order valence-electron chi connectivity index (χ4n) is 2.64. The van der Waals surface area contributed by atoms with E-state index in [0.717, 1.165) is 26.4 Å². The van der Waals surface area contributed by atoms with Crippen molar-refractivity contribution >= 4 is 73.8 Å². The fraction of sp³-hybridized carbons (Fsp3) is 0.0870. The van der Waals surface area contributed by atoms with Crippen LogP contribution in [-0.4, -0.2) is 22.6 Å². The summed E-state index contributed by atoms with van der Waals surface area (Å²) in [5.41, 5.74) is 3.00. The van der Waals surface area contributed by atoms with Crippen LogP contribution < -0.4 is 16.0 Å². The first kappa shape index (κ1) is 23.0. The molecule has 0 heterocycles. The van der Waals surface area contributed by atoms with E-state index >= 15 is 0 Å². The van der Waals surface area contributed by atoms with E-state index in [-0.39, 0.29) is 17.4 Å². The van der Waals surface area contributed by atoms with Crippen molar-refractivity contribution in [2.24, 2.45) is 0 Å². The first-order chi connectivity index (χ1) is 14.9. The molecule has 0 saturated heterocycles. The van der Waals surface area contributed by atoms with Gasteiger partial charge in [-0.15, -0.1) is 11.8 Å². The Morgan fingerprint density at radius 2 is 1.61 bits per heavy atom. The number of Topliss-reactive ketones (excluding diaryl/α,β-unsaturated/α-hetero) is 1. The number of ketones is 1. The third kappa shape index (κ3) is 7.20. The zero-order valence-electron chi connectivity index (χ0n) is 16.6. The molecule has 0 aromatic heterocycles. The van der Waals surface area contributed by atoms with Gasteiger partial charge >= 0.3 is 0 Å². The van der Waals surface area contributed by atoms with E-state index in [2.05, 4.69) is 31.9 Å². The number of para-hydroxylation sites is 1. The number of carbonyl (C=O) groups excluding carboxylic acids is 2. The quantitative estimate of drug-likeness (QED) is 0.198. The Bertz CT molecular complexity index is 1100. The Labute approximate surface area is 199 Å². The van der Waals surface area contributed by atoms with Gasteiger partial charge in [0.25, 0.3) is 0 Å². The number of thioether (sulfide) groups is 1. The second-order valence-electron chi connectivity index (χ2n) is 6.56. The summed E-state index contributed by atoms with van der Waals surface area (Å²) in [4.78, 5) is 24.6. The number of anilines is 3. The monoisotopic (exact) mass is 513 g/mol. The predicted octanol–water partition coefficient (Wildman–Crippen LogP) is 6.19. The molecule has 8 heteroatoms. The average Bonchev–Trinajstić information content (AvgIpc) is 2.74. The molecule has 3 aromatic carbocycles. The van der Waals surface area contributed by atoms with E-state index in [0.29, 0.717) is 10.7 Å². The lowest BCUT2D eigenvalue weighted by atomic mass is 10.1. The maximum absolute atomic E-state index is 12.2. The van der Waals surface area contributed by atoms with E-state index in [9.17, 15) is 9.59 Å². The third-order valence-electron chi connectivity index (χ3n) is 4.16. The minimum absolute atomic E-state index is 0.0200. The van der Waals surface area contributed by atoms with Gasteiger partial charge in [-0.2, -0.15) is 0 Å². The van der Waals surface area contributed by atoms with Crippen molar-refractivity contribution in [1.82, 2.24) is 0 Å². The van der Waals surface area contributed by atoms with Gasteiger partial charge in [-0.05, 0) is 89.7 Å². The molecule has 1 amide bonds. The van der Waals surface area contributed by atoms with Gasteiger partial charge < -0.3 is 16.0 Å². The minimum atomic E-state index is -0.0820. The third-order valence-corrected chi connectivity index (χ3v) is 6.05. The van der Waals surface area contributed by atoms with Gasteiger partial charge in [0.2, 0.25) is 5.91 Å². The first-order valence-electron chi connectivity index (χ1n) is 9.37. The molecular weight excluding hydrogens is 494 g/mol. The van der Waals surface area contributed by atoms with Crippen LogP contribution in [0, 0.1) is 0 Å². The lowest BCUT2D eigenvalue weighted by Gasteiger charge is -2.12. The lowest BCUT2D eigenvalue weighted by Crippen LogP contribution is -2.19. The number of benzene rings is 3. The van der Waals surface area contributed by atoms with Crippen LogP contribution in [0.25, 0.3) is 0 Å². The summed E-state index contributed by atoms with van der Waals surface area (Å²) >= 11 is 10.2. The van der Waals surface area contributed by atoms with E-state index in [4.69, 9.17) is 12.2 Å². The van der Waals surface area contributed by atoms with Gasteiger partial charge in [0, 0.05) is 26.3 Å². The van der Waals surface area contributed by atoms with Gasteiger partial charge in [0.1, 0.15) is 0 Å². The molecule has 5 nitrogen and oxygen atoms in total. The minimum Gasteiger partial charge on any atom is -0.332 e.